The smallest absolute Gasteiger partial charge is 0.274 e. The van der Waals surface area contributed by atoms with Gasteiger partial charge in [0.25, 0.3) is 11.8 Å². The lowest BCUT2D eigenvalue weighted by Gasteiger charge is -2.07. The Morgan fingerprint density at radius 3 is 2.36 bits per heavy atom. The molecule has 2 heterocycles. The van der Waals surface area contributed by atoms with Crippen LogP contribution in [0.3, 0.4) is 0 Å². The topological polar surface area (TPSA) is 84.2 Å². The maximum absolute atomic E-state index is 12.9. The van der Waals surface area contributed by atoms with Crippen molar-refractivity contribution >= 4 is 17.5 Å². The average Bonchev–Trinajstić information content (AvgIpc) is 3.15. The zero-order chi connectivity index (χ0) is 17.6. The number of hydrogen-bond acceptors (Lipinski definition) is 4. The molecule has 0 aliphatic carbocycles. The second kappa shape index (κ2) is 7.39. The highest BCUT2D eigenvalue weighted by atomic mass is 19.1. The number of nitrogens with zero attached hydrogens (tertiary/aromatic N) is 1. The number of benzene rings is 1. The van der Waals surface area contributed by atoms with Crippen molar-refractivity contribution in [1.29, 1.82) is 0 Å². The number of carbonyl (C=O) groups is 2. The summed E-state index contributed by atoms with van der Waals surface area (Å²) in [5.41, 5.74) is 0.620. The molecule has 126 valence electrons. The van der Waals surface area contributed by atoms with Gasteiger partial charge in [-0.25, -0.2) is 9.37 Å². The molecule has 0 spiro atoms. The fourth-order valence-electron chi connectivity index (χ4n) is 2.09. The van der Waals surface area contributed by atoms with Crippen molar-refractivity contribution in [2.24, 2.45) is 0 Å². The summed E-state index contributed by atoms with van der Waals surface area (Å²) in [6.07, 6.45) is 1.51. The molecule has 2 N–H and O–H groups in total. The molecule has 0 aliphatic heterocycles. The van der Waals surface area contributed by atoms with E-state index in [4.69, 9.17) is 4.42 Å². The lowest BCUT2D eigenvalue weighted by Crippen LogP contribution is -2.24. The number of hydrogen-bond donors (Lipinski definition) is 2. The highest BCUT2D eigenvalue weighted by Crippen LogP contribution is 2.10. The van der Waals surface area contributed by atoms with E-state index in [0.29, 0.717) is 11.4 Å². The second-order valence-corrected chi connectivity index (χ2v) is 5.13. The Hall–Kier alpha value is -3.48. The summed E-state index contributed by atoms with van der Waals surface area (Å²) in [6, 6.07) is 13.4. The first-order valence-corrected chi connectivity index (χ1v) is 7.46. The fraction of sp³-hybridized carbons (Fsp3) is 0.0556. The van der Waals surface area contributed by atoms with Gasteiger partial charge in [0.2, 0.25) is 0 Å². The molecular weight excluding hydrogens is 325 g/mol. The van der Waals surface area contributed by atoms with Crippen molar-refractivity contribution in [3.63, 3.8) is 0 Å². The maximum Gasteiger partial charge on any atom is 0.274 e. The Morgan fingerprint density at radius 1 is 0.960 bits per heavy atom. The van der Waals surface area contributed by atoms with E-state index < -0.39 is 17.6 Å². The second-order valence-electron chi connectivity index (χ2n) is 5.13. The van der Waals surface area contributed by atoms with Crippen molar-refractivity contribution < 1.29 is 18.4 Å². The Kier molecular flexibility index (Phi) is 4.84. The van der Waals surface area contributed by atoms with Crippen LogP contribution in [0.25, 0.3) is 0 Å². The van der Waals surface area contributed by atoms with Crippen LogP contribution in [-0.2, 0) is 6.54 Å². The van der Waals surface area contributed by atoms with Gasteiger partial charge in [0.1, 0.15) is 23.0 Å². The standard InChI is InChI=1S/C18H14FN3O3/c19-12-6-8-13(9-7-12)21-18(24)16-5-1-4-15(22-16)17(23)20-11-14-3-2-10-25-14/h1-10H,11H2,(H,20,23)(H,21,24). The number of anilines is 1. The summed E-state index contributed by atoms with van der Waals surface area (Å²) in [5, 5.41) is 5.25. The summed E-state index contributed by atoms with van der Waals surface area (Å²) >= 11 is 0. The van der Waals surface area contributed by atoms with Gasteiger partial charge in [0.15, 0.2) is 0 Å². The number of pyridine rings is 1. The highest BCUT2D eigenvalue weighted by Gasteiger charge is 2.13. The van der Waals surface area contributed by atoms with Gasteiger partial charge in [-0.3, -0.25) is 9.59 Å². The number of rotatable bonds is 5. The third-order valence-corrected chi connectivity index (χ3v) is 3.32. The molecule has 0 fully saturated rings. The zero-order valence-electron chi connectivity index (χ0n) is 13.0. The third kappa shape index (κ3) is 4.29. The summed E-state index contributed by atoms with van der Waals surface area (Å²) in [7, 11) is 0. The van der Waals surface area contributed by atoms with Gasteiger partial charge in [0, 0.05) is 5.69 Å². The molecule has 2 aromatic heterocycles. The molecule has 0 atom stereocenters. The normalized spacial score (nSPS) is 10.3. The molecule has 25 heavy (non-hydrogen) atoms. The number of nitrogens with one attached hydrogen (secondary N) is 2. The minimum Gasteiger partial charge on any atom is -0.467 e. The van der Waals surface area contributed by atoms with Crippen molar-refractivity contribution in [2.75, 3.05) is 5.32 Å². The molecule has 1 aromatic carbocycles. The average molecular weight is 339 g/mol. The molecule has 7 heteroatoms. The maximum atomic E-state index is 12.9. The van der Waals surface area contributed by atoms with Crippen molar-refractivity contribution in [3.05, 3.63) is 83.8 Å². The Balaban J connectivity index is 1.66. The van der Waals surface area contributed by atoms with Crippen LogP contribution in [0.4, 0.5) is 10.1 Å². The first kappa shape index (κ1) is 16.4. The molecule has 6 nitrogen and oxygen atoms in total. The van der Waals surface area contributed by atoms with Crippen LogP contribution in [-0.4, -0.2) is 16.8 Å². The van der Waals surface area contributed by atoms with E-state index >= 15 is 0 Å². The van der Waals surface area contributed by atoms with Crippen LogP contribution in [0.2, 0.25) is 0 Å². The van der Waals surface area contributed by atoms with E-state index in [9.17, 15) is 14.0 Å². The number of carbonyl (C=O) groups excluding carboxylic acids is 2. The quantitative estimate of drug-likeness (QED) is 0.748. The molecule has 0 saturated carbocycles. The predicted octanol–water partition coefficient (Wildman–Crippen LogP) is 3.00. The van der Waals surface area contributed by atoms with E-state index in [2.05, 4.69) is 15.6 Å². The number of amides is 2. The summed E-state index contributed by atoms with van der Waals surface area (Å²) in [4.78, 5) is 28.4. The summed E-state index contributed by atoms with van der Waals surface area (Å²) < 4.78 is 18.0. The zero-order valence-corrected chi connectivity index (χ0v) is 13.0. The molecule has 0 unspecified atom stereocenters. The minimum absolute atomic E-state index is 0.0787. The molecule has 3 aromatic rings. The first-order valence-electron chi connectivity index (χ1n) is 7.46. The van der Waals surface area contributed by atoms with Crippen LogP contribution < -0.4 is 10.6 Å². The Morgan fingerprint density at radius 2 is 1.68 bits per heavy atom. The Bertz CT molecular complexity index is 877. The van der Waals surface area contributed by atoms with E-state index in [0.717, 1.165) is 0 Å². The Labute approximate surface area is 142 Å². The van der Waals surface area contributed by atoms with Gasteiger partial charge in [-0.1, -0.05) is 6.07 Å². The van der Waals surface area contributed by atoms with Gasteiger partial charge >= 0.3 is 0 Å². The number of halogens is 1. The summed E-state index contributed by atoms with van der Waals surface area (Å²) in [6.45, 7) is 0.222. The predicted molar refractivity (Wildman–Crippen MR) is 88.5 cm³/mol. The SMILES string of the molecule is O=C(NCc1ccco1)c1cccc(C(=O)Nc2ccc(F)cc2)n1. The van der Waals surface area contributed by atoms with Crippen molar-refractivity contribution in [3.8, 4) is 0 Å². The van der Waals surface area contributed by atoms with Gasteiger partial charge in [-0.2, -0.15) is 0 Å². The van der Waals surface area contributed by atoms with Gasteiger partial charge < -0.3 is 15.1 Å². The van der Waals surface area contributed by atoms with Crippen molar-refractivity contribution in [2.45, 2.75) is 6.54 Å². The van der Waals surface area contributed by atoms with Crippen LogP contribution in [0.1, 0.15) is 26.7 Å². The molecule has 0 saturated heterocycles. The molecule has 0 bridgehead atoms. The minimum atomic E-state index is -0.493. The van der Waals surface area contributed by atoms with Gasteiger partial charge in [-0.05, 0) is 48.5 Å². The highest BCUT2D eigenvalue weighted by molar-refractivity contribution is 6.03. The summed E-state index contributed by atoms with van der Waals surface area (Å²) in [5.74, 6) is -0.704. The molecule has 3 rings (SSSR count). The lowest BCUT2D eigenvalue weighted by molar-refractivity contribution is 0.0943. The van der Waals surface area contributed by atoms with Crippen LogP contribution in [0.15, 0.2) is 65.3 Å². The van der Waals surface area contributed by atoms with E-state index in [1.807, 2.05) is 0 Å². The van der Waals surface area contributed by atoms with Crippen LogP contribution >= 0.6 is 0 Å². The number of aromatic nitrogens is 1. The molecule has 0 radical (unpaired) electrons. The third-order valence-electron chi connectivity index (χ3n) is 3.32. The van der Waals surface area contributed by atoms with Crippen LogP contribution in [0.5, 0.6) is 0 Å². The van der Waals surface area contributed by atoms with Crippen LogP contribution in [0, 0.1) is 5.82 Å². The lowest BCUT2D eigenvalue weighted by atomic mass is 10.2. The number of furan rings is 1. The van der Waals surface area contributed by atoms with E-state index in [1.54, 1.807) is 18.2 Å². The largest absolute Gasteiger partial charge is 0.467 e. The molecule has 2 amide bonds. The van der Waals surface area contributed by atoms with Crippen molar-refractivity contribution in [1.82, 2.24) is 10.3 Å². The molecule has 0 aliphatic rings. The first-order chi connectivity index (χ1) is 12.1. The monoisotopic (exact) mass is 339 g/mol. The molecular formula is C18H14FN3O3. The van der Waals surface area contributed by atoms with Gasteiger partial charge in [0.05, 0.1) is 12.8 Å². The van der Waals surface area contributed by atoms with E-state index in [-0.39, 0.29) is 17.9 Å². The fourth-order valence-corrected chi connectivity index (χ4v) is 2.09. The van der Waals surface area contributed by atoms with Gasteiger partial charge in [-0.15, -0.1) is 0 Å². The van der Waals surface area contributed by atoms with E-state index in [1.165, 1.54) is 42.7 Å².